The lowest BCUT2D eigenvalue weighted by Crippen LogP contribution is -1.88. The predicted octanol–water partition coefficient (Wildman–Crippen LogP) is 2.81. The monoisotopic (exact) mass is 171 g/mol. The third-order valence-electron chi connectivity index (χ3n) is 0.940. The van der Waals surface area contributed by atoms with E-state index in [9.17, 15) is 0 Å². The fraction of sp³-hybridized carbons (Fsp3) is 0.667. The number of hydrogen-bond donors (Lipinski definition) is 2. The van der Waals surface area contributed by atoms with E-state index in [-0.39, 0.29) is 0 Å². The molecule has 0 amide bonds. The molecule has 0 aliphatic heterocycles. The van der Waals surface area contributed by atoms with Gasteiger partial charge >= 0.3 is 0 Å². The quantitative estimate of drug-likeness (QED) is 0.682. The standard InChI is InChI=1S/C5H9N3.2C2H6/c1-4-3-7-5(6-2)8-4;2*1-2/h3H,1-2H3,(H2,6,7,8);2*1-2H3. The number of H-pyrrole nitrogens is 1. The van der Waals surface area contributed by atoms with Crippen LogP contribution in [0.3, 0.4) is 0 Å². The van der Waals surface area contributed by atoms with E-state index >= 15 is 0 Å². The van der Waals surface area contributed by atoms with E-state index in [0.717, 1.165) is 11.6 Å². The lowest BCUT2D eigenvalue weighted by Gasteiger charge is -1.87. The summed E-state index contributed by atoms with van der Waals surface area (Å²) in [6.45, 7) is 9.97. The molecule has 0 bridgehead atoms. The van der Waals surface area contributed by atoms with Crippen molar-refractivity contribution in [2.24, 2.45) is 0 Å². The first-order chi connectivity index (χ1) is 5.83. The zero-order valence-electron chi connectivity index (χ0n) is 9.02. The number of imidazole rings is 1. The fourth-order valence-corrected chi connectivity index (χ4v) is 0.540. The number of aromatic nitrogens is 2. The largest absolute Gasteiger partial charge is 0.359 e. The molecular formula is C9H21N3. The van der Waals surface area contributed by atoms with Gasteiger partial charge in [0.2, 0.25) is 0 Å². The van der Waals surface area contributed by atoms with Gasteiger partial charge in [-0.05, 0) is 6.92 Å². The van der Waals surface area contributed by atoms with E-state index in [1.165, 1.54) is 0 Å². The van der Waals surface area contributed by atoms with Gasteiger partial charge in [0.15, 0.2) is 5.95 Å². The van der Waals surface area contributed by atoms with Crippen LogP contribution in [0, 0.1) is 6.92 Å². The molecule has 0 aromatic carbocycles. The highest BCUT2D eigenvalue weighted by Gasteiger charge is 1.88. The number of aromatic amines is 1. The molecule has 1 heterocycles. The van der Waals surface area contributed by atoms with Crippen LogP contribution in [0.15, 0.2) is 6.20 Å². The molecule has 2 N–H and O–H groups in total. The van der Waals surface area contributed by atoms with Crippen molar-refractivity contribution in [2.45, 2.75) is 34.6 Å². The molecular weight excluding hydrogens is 150 g/mol. The van der Waals surface area contributed by atoms with Crippen LogP contribution in [0.1, 0.15) is 33.4 Å². The van der Waals surface area contributed by atoms with Crippen LogP contribution < -0.4 is 5.32 Å². The topological polar surface area (TPSA) is 40.7 Å². The maximum absolute atomic E-state index is 3.97. The molecule has 72 valence electrons. The molecule has 3 nitrogen and oxygen atoms in total. The van der Waals surface area contributed by atoms with Gasteiger partial charge in [-0.1, -0.05) is 27.7 Å². The third kappa shape index (κ3) is 5.77. The summed E-state index contributed by atoms with van der Waals surface area (Å²) in [5.74, 6) is 0.822. The highest BCUT2D eigenvalue weighted by molar-refractivity contribution is 5.23. The zero-order valence-corrected chi connectivity index (χ0v) is 9.02. The molecule has 0 radical (unpaired) electrons. The first-order valence-electron chi connectivity index (χ1n) is 4.52. The average Bonchev–Trinajstić information content (AvgIpc) is 2.58. The Hall–Kier alpha value is -0.990. The molecule has 0 saturated heterocycles. The van der Waals surface area contributed by atoms with Gasteiger partial charge in [-0.2, -0.15) is 0 Å². The summed E-state index contributed by atoms with van der Waals surface area (Å²) in [5.41, 5.74) is 1.08. The van der Waals surface area contributed by atoms with Gasteiger partial charge in [-0.15, -0.1) is 0 Å². The van der Waals surface area contributed by atoms with Gasteiger partial charge in [0.1, 0.15) is 0 Å². The Morgan fingerprint density at radius 1 is 1.25 bits per heavy atom. The second kappa shape index (κ2) is 10.0. The van der Waals surface area contributed by atoms with Crippen LogP contribution in [-0.4, -0.2) is 17.0 Å². The number of hydrogen-bond acceptors (Lipinski definition) is 2. The first kappa shape index (κ1) is 13.6. The lowest BCUT2D eigenvalue weighted by atomic mass is 10.6. The maximum atomic E-state index is 3.97. The predicted molar refractivity (Wildman–Crippen MR) is 55.6 cm³/mol. The van der Waals surface area contributed by atoms with Crippen molar-refractivity contribution in [2.75, 3.05) is 12.4 Å². The van der Waals surface area contributed by atoms with E-state index in [1.54, 1.807) is 6.20 Å². The molecule has 12 heavy (non-hydrogen) atoms. The summed E-state index contributed by atoms with van der Waals surface area (Å²) in [6.07, 6.45) is 1.78. The van der Waals surface area contributed by atoms with Crippen LogP contribution in [-0.2, 0) is 0 Å². The molecule has 0 atom stereocenters. The first-order valence-corrected chi connectivity index (χ1v) is 4.52. The number of aryl methyl sites for hydroxylation is 1. The summed E-state index contributed by atoms with van der Waals surface area (Å²) in [7, 11) is 1.83. The normalized spacial score (nSPS) is 7.17. The summed E-state index contributed by atoms with van der Waals surface area (Å²) in [6, 6.07) is 0. The lowest BCUT2D eigenvalue weighted by molar-refractivity contribution is 1.23. The van der Waals surface area contributed by atoms with Crippen molar-refractivity contribution in [3.8, 4) is 0 Å². The van der Waals surface area contributed by atoms with Crippen LogP contribution in [0.25, 0.3) is 0 Å². The molecule has 0 unspecified atom stereocenters. The maximum Gasteiger partial charge on any atom is 0.200 e. The highest BCUT2D eigenvalue weighted by atomic mass is 15.1. The Morgan fingerprint density at radius 2 is 1.75 bits per heavy atom. The van der Waals surface area contributed by atoms with Crippen molar-refractivity contribution >= 4 is 5.95 Å². The molecule has 0 spiro atoms. The molecule has 0 aliphatic rings. The molecule has 1 aromatic heterocycles. The van der Waals surface area contributed by atoms with Crippen molar-refractivity contribution in [1.29, 1.82) is 0 Å². The van der Waals surface area contributed by atoms with Crippen LogP contribution in [0.2, 0.25) is 0 Å². The Balaban J connectivity index is 0. The fourth-order valence-electron chi connectivity index (χ4n) is 0.540. The Kier molecular flexibility index (Phi) is 11.3. The molecule has 0 saturated carbocycles. The molecule has 1 aromatic rings. The number of nitrogens with one attached hydrogen (secondary N) is 2. The zero-order chi connectivity index (χ0) is 9.98. The molecule has 1 rings (SSSR count). The van der Waals surface area contributed by atoms with Crippen molar-refractivity contribution in [3.63, 3.8) is 0 Å². The minimum absolute atomic E-state index is 0.822. The Labute approximate surface area is 75.6 Å². The number of anilines is 1. The molecule has 0 aliphatic carbocycles. The minimum atomic E-state index is 0.822. The molecule has 0 fully saturated rings. The summed E-state index contributed by atoms with van der Waals surface area (Å²) < 4.78 is 0. The third-order valence-corrected chi connectivity index (χ3v) is 0.940. The highest BCUT2D eigenvalue weighted by Crippen LogP contribution is 1.96. The van der Waals surface area contributed by atoms with Gasteiger partial charge in [0.05, 0.1) is 0 Å². The van der Waals surface area contributed by atoms with E-state index in [4.69, 9.17) is 0 Å². The second-order valence-corrected chi connectivity index (χ2v) is 1.66. The van der Waals surface area contributed by atoms with Gasteiger partial charge < -0.3 is 10.3 Å². The summed E-state index contributed by atoms with van der Waals surface area (Å²) in [4.78, 5) is 6.97. The van der Waals surface area contributed by atoms with Crippen LogP contribution >= 0.6 is 0 Å². The van der Waals surface area contributed by atoms with Crippen molar-refractivity contribution in [3.05, 3.63) is 11.9 Å². The van der Waals surface area contributed by atoms with Crippen LogP contribution in [0.4, 0.5) is 5.95 Å². The van der Waals surface area contributed by atoms with Crippen molar-refractivity contribution in [1.82, 2.24) is 9.97 Å². The van der Waals surface area contributed by atoms with E-state index in [0.29, 0.717) is 0 Å². The Bertz CT molecular complexity index is 170. The van der Waals surface area contributed by atoms with E-state index < -0.39 is 0 Å². The summed E-state index contributed by atoms with van der Waals surface area (Å²) in [5, 5.41) is 2.88. The van der Waals surface area contributed by atoms with Gasteiger partial charge in [0.25, 0.3) is 0 Å². The van der Waals surface area contributed by atoms with E-state index in [2.05, 4.69) is 15.3 Å². The molecule has 3 heteroatoms. The second-order valence-electron chi connectivity index (χ2n) is 1.66. The average molecular weight is 171 g/mol. The van der Waals surface area contributed by atoms with Crippen LogP contribution in [0.5, 0.6) is 0 Å². The van der Waals surface area contributed by atoms with Crippen molar-refractivity contribution < 1.29 is 0 Å². The van der Waals surface area contributed by atoms with E-state index in [1.807, 2.05) is 41.7 Å². The minimum Gasteiger partial charge on any atom is -0.359 e. The SMILES string of the molecule is CC.CC.CNc1ncc(C)[nH]1. The number of rotatable bonds is 1. The smallest absolute Gasteiger partial charge is 0.200 e. The Morgan fingerprint density at radius 3 is 1.92 bits per heavy atom. The van der Waals surface area contributed by atoms with Gasteiger partial charge in [0, 0.05) is 18.9 Å². The number of nitrogens with zero attached hydrogens (tertiary/aromatic N) is 1. The van der Waals surface area contributed by atoms with Gasteiger partial charge in [-0.3, -0.25) is 0 Å². The summed E-state index contributed by atoms with van der Waals surface area (Å²) >= 11 is 0. The van der Waals surface area contributed by atoms with Gasteiger partial charge in [-0.25, -0.2) is 4.98 Å².